The van der Waals surface area contributed by atoms with Crippen LogP contribution in [0.5, 0.6) is 0 Å². The van der Waals surface area contributed by atoms with Crippen molar-refractivity contribution in [2.24, 2.45) is 0 Å². The number of carbonyl (C=O) groups excluding carboxylic acids is 1. The molecule has 0 radical (unpaired) electrons. The molecule has 0 spiro atoms. The van der Waals surface area contributed by atoms with Crippen molar-refractivity contribution in [1.82, 2.24) is 4.90 Å². The summed E-state index contributed by atoms with van der Waals surface area (Å²) in [6.45, 7) is 3.99. The van der Waals surface area contributed by atoms with Gasteiger partial charge in [-0.15, -0.1) is 0 Å². The van der Waals surface area contributed by atoms with Gasteiger partial charge >= 0.3 is 0 Å². The molecule has 1 aromatic rings. The summed E-state index contributed by atoms with van der Waals surface area (Å²) < 4.78 is 0. The summed E-state index contributed by atoms with van der Waals surface area (Å²) in [4.78, 5) is 14.2. The molecule has 1 aliphatic heterocycles. The molecule has 0 saturated carbocycles. The monoisotopic (exact) mass is 252 g/mol. The molecule has 3 nitrogen and oxygen atoms in total. The minimum absolute atomic E-state index is 0.0363. The van der Waals surface area contributed by atoms with Gasteiger partial charge in [0.15, 0.2) is 0 Å². The van der Waals surface area contributed by atoms with Crippen LogP contribution in [-0.4, -0.2) is 29.9 Å². The van der Waals surface area contributed by atoms with Crippen LogP contribution in [0.4, 0.5) is 5.69 Å². The Balaban J connectivity index is 1.96. The summed E-state index contributed by atoms with van der Waals surface area (Å²) in [5.41, 5.74) is 0.758. The van der Waals surface area contributed by atoms with Crippen LogP contribution < -0.4 is 5.32 Å². The fourth-order valence-corrected chi connectivity index (χ4v) is 2.30. The normalized spacial score (nSPS) is 18.0. The molecule has 1 heterocycles. The van der Waals surface area contributed by atoms with Crippen LogP contribution in [0.1, 0.15) is 19.8 Å². The molecular formula is C13H17ClN2O. The van der Waals surface area contributed by atoms with Crippen molar-refractivity contribution >= 4 is 23.2 Å². The number of benzene rings is 1. The molecule has 2 rings (SSSR count). The van der Waals surface area contributed by atoms with Gasteiger partial charge in [0.2, 0.25) is 5.91 Å². The van der Waals surface area contributed by atoms with Gasteiger partial charge in [0.05, 0.1) is 6.04 Å². The lowest BCUT2D eigenvalue weighted by Gasteiger charge is -2.22. The minimum Gasteiger partial charge on any atom is -0.325 e. The number of carbonyl (C=O) groups is 1. The summed E-state index contributed by atoms with van der Waals surface area (Å²) in [7, 11) is 0. The third-order valence-electron chi connectivity index (χ3n) is 3.16. The van der Waals surface area contributed by atoms with E-state index in [1.807, 2.05) is 19.1 Å². The SMILES string of the molecule is C[C@@H](C(=O)Nc1cccc(Cl)c1)N1CCCC1. The number of nitrogens with zero attached hydrogens (tertiary/aromatic N) is 1. The number of hydrogen-bond acceptors (Lipinski definition) is 2. The summed E-state index contributed by atoms with van der Waals surface area (Å²) >= 11 is 5.87. The van der Waals surface area contributed by atoms with Crippen LogP contribution in [0, 0.1) is 0 Å². The number of amides is 1. The second-order valence-electron chi connectivity index (χ2n) is 4.42. The van der Waals surface area contributed by atoms with E-state index in [1.165, 1.54) is 12.8 Å². The Kier molecular flexibility index (Phi) is 4.02. The first-order valence-corrected chi connectivity index (χ1v) is 6.35. The topological polar surface area (TPSA) is 32.3 Å². The van der Waals surface area contributed by atoms with Gasteiger partial charge in [-0.1, -0.05) is 17.7 Å². The summed E-state index contributed by atoms with van der Waals surface area (Å²) in [6, 6.07) is 7.16. The van der Waals surface area contributed by atoms with Crippen molar-refractivity contribution in [3.05, 3.63) is 29.3 Å². The number of nitrogens with one attached hydrogen (secondary N) is 1. The molecule has 0 unspecified atom stereocenters. The molecule has 1 aliphatic rings. The van der Waals surface area contributed by atoms with E-state index in [0.29, 0.717) is 5.02 Å². The second kappa shape index (κ2) is 5.52. The molecule has 92 valence electrons. The third kappa shape index (κ3) is 3.20. The zero-order valence-electron chi connectivity index (χ0n) is 9.95. The number of rotatable bonds is 3. The largest absolute Gasteiger partial charge is 0.325 e. The van der Waals surface area contributed by atoms with E-state index in [4.69, 9.17) is 11.6 Å². The molecular weight excluding hydrogens is 236 g/mol. The van der Waals surface area contributed by atoms with Crippen molar-refractivity contribution in [3.8, 4) is 0 Å². The van der Waals surface area contributed by atoms with E-state index in [0.717, 1.165) is 18.8 Å². The van der Waals surface area contributed by atoms with Crippen LogP contribution in [0.25, 0.3) is 0 Å². The number of anilines is 1. The van der Waals surface area contributed by atoms with Crippen molar-refractivity contribution < 1.29 is 4.79 Å². The Labute approximate surface area is 107 Å². The van der Waals surface area contributed by atoms with Gasteiger partial charge in [-0.3, -0.25) is 9.69 Å². The highest BCUT2D eigenvalue weighted by Gasteiger charge is 2.23. The lowest BCUT2D eigenvalue weighted by atomic mass is 10.2. The highest BCUT2D eigenvalue weighted by atomic mass is 35.5. The fourth-order valence-electron chi connectivity index (χ4n) is 2.11. The molecule has 1 amide bonds. The van der Waals surface area contributed by atoms with Gasteiger partial charge in [-0.2, -0.15) is 0 Å². The van der Waals surface area contributed by atoms with Crippen LogP contribution in [0.15, 0.2) is 24.3 Å². The first kappa shape index (κ1) is 12.4. The zero-order chi connectivity index (χ0) is 12.3. The molecule has 1 atom stereocenters. The van der Waals surface area contributed by atoms with Crippen molar-refractivity contribution in [2.75, 3.05) is 18.4 Å². The van der Waals surface area contributed by atoms with Crippen LogP contribution in [0.3, 0.4) is 0 Å². The van der Waals surface area contributed by atoms with Gasteiger partial charge in [-0.25, -0.2) is 0 Å². The first-order valence-electron chi connectivity index (χ1n) is 5.97. The number of halogens is 1. The van der Waals surface area contributed by atoms with E-state index in [1.54, 1.807) is 12.1 Å². The molecule has 17 heavy (non-hydrogen) atoms. The molecule has 1 fully saturated rings. The zero-order valence-corrected chi connectivity index (χ0v) is 10.7. The highest BCUT2D eigenvalue weighted by Crippen LogP contribution is 2.17. The standard InChI is InChI=1S/C13H17ClN2O/c1-10(16-7-2-3-8-16)13(17)15-12-6-4-5-11(14)9-12/h4-6,9-10H,2-3,7-8H2,1H3,(H,15,17)/t10-/m0/s1. The molecule has 0 aliphatic carbocycles. The Morgan fingerprint density at radius 1 is 1.41 bits per heavy atom. The Hall–Kier alpha value is -1.06. The van der Waals surface area contributed by atoms with Crippen molar-refractivity contribution in [2.45, 2.75) is 25.8 Å². The predicted molar refractivity (Wildman–Crippen MR) is 70.4 cm³/mol. The van der Waals surface area contributed by atoms with Gasteiger partial charge in [0.1, 0.15) is 0 Å². The molecule has 1 aromatic carbocycles. The van der Waals surface area contributed by atoms with Crippen LogP contribution in [0.2, 0.25) is 5.02 Å². The Morgan fingerprint density at radius 3 is 2.76 bits per heavy atom. The summed E-state index contributed by atoms with van der Waals surface area (Å²) in [5, 5.41) is 3.53. The molecule has 0 bridgehead atoms. The number of hydrogen-bond donors (Lipinski definition) is 1. The fraction of sp³-hybridized carbons (Fsp3) is 0.462. The van der Waals surface area contributed by atoms with Gasteiger partial charge in [-0.05, 0) is 51.1 Å². The van der Waals surface area contributed by atoms with Crippen molar-refractivity contribution in [3.63, 3.8) is 0 Å². The van der Waals surface area contributed by atoms with Gasteiger partial charge in [0.25, 0.3) is 0 Å². The van der Waals surface area contributed by atoms with Gasteiger partial charge < -0.3 is 5.32 Å². The first-order chi connectivity index (χ1) is 8.16. The maximum atomic E-state index is 12.0. The van der Waals surface area contributed by atoms with Crippen molar-refractivity contribution in [1.29, 1.82) is 0 Å². The average Bonchev–Trinajstić information content (AvgIpc) is 2.81. The Bertz CT molecular complexity index is 402. The lowest BCUT2D eigenvalue weighted by molar-refractivity contribution is -0.120. The molecule has 0 aromatic heterocycles. The van der Waals surface area contributed by atoms with E-state index in [-0.39, 0.29) is 11.9 Å². The van der Waals surface area contributed by atoms with Gasteiger partial charge in [0, 0.05) is 10.7 Å². The van der Waals surface area contributed by atoms with Crippen LogP contribution >= 0.6 is 11.6 Å². The smallest absolute Gasteiger partial charge is 0.241 e. The lowest BCUT2D eigenvalue weighted by Crippen LogP contribution is -2.40. The molecule has 1 saturated heterocycles. The highest BCUT2D eigenvalue weighted by molar-refractivity contribution is 6.30. The predicted octanol–water partition coefficient (Wildman–Crippen LogP) is 2.76. The summed E-state index contributed by atoms with van der Waals surface area (Å²) in [6.07, 6.45) is 2.38. The third-order valence-corrected chi connectivity index (χ3v) is 3.40. The molecule has 4 heteroatoms. The van der Waals surface area contributed by atoms with E-state index in [2.05, 4.69) is 10.2 Å². The maximum Gasteiger partial charge on any atom is 0.241 e. The minimum atomic E-state index is -0.0727. The van der Waals surface area contributed by atoms with E-state index in [9.17, 15) is 4.79 Å². The second-order valence-corrected chi connectivity index (χ2v) is 4.86. The average molecular weight is 253 g/mol. The van der Waals surface area contributed by atoms with Crippen LogP contribution in [-0.2, 0) is 4.79 Å². The van der Waals surface area contributed by atoms with E-state index >= 15 is 0 Å². The maximum absolute atomic E-state index is 12.0. The number of likely N-dealkylation sites (tertiary alicyclic amines) is 1. The quantitative estimate of drug-likeness (QED) is 0.897. The Morgan fingerprint density at radius 2 is 2.12 bits per heavy atom. The summed E-state index contributed by atoms with van der Waals surface area (Å²) in [5.74, 6) is 0.0363. The molecule has 1 N–H and O–H groups in total. The van der Waals surface area contributed by atoms with E-state index < -0.39 is 0 Å².